The number of nitrogens with two attached hydrogens (primary N) is 1. The average Bonchev–Trinajstić information content (AvgIpc) is 2.17. The van der Waals surface area contributed by atoms with Gasteiger partial charge in [-0.15, -0.1) is 0 Å². The number of hydrogen-bond donors (Lipinski definition) is 1. The highest BCUT2D eigenvalue weighted by Gasteiger charge is 2.06. The van der Waals surface area contributed by atoms with Gasteiger partial charge in [0.15, 0.2) is 0 Å². The Bertz CT molecular complexity index is 295. The number of benzene rings is 1. The van der Waals surface area contributed by atoms with Crippen molar-refractivity contribution in [3.63, 3.8) is 0 Å². The van der Waals surface area contributed by atoms with Gasteiger partial charge < -0.3 is 5.73 Å². The predicted molar refractivity (Wildman–Crippen MR) is 68.9 cm³/mol. The Morgan fingerprint density at radius 3 is 1.93 bits per heavy atom. The van der Waals surface area contributed by atoms with Gasteiger partial charge in [0.05, 0.1) is 8.41 Å². The van der Waals surface area contributed by atoms with Crippen LogP contribution in [0.4, 0.5) is 5.69 Å². The number of anilines is 1. The van der Waals surface area contributed by atoms with Crippen LogP contribution in [0.2, 0.25) is 0 Å². The van der Waals surface area contributed by atoms with E-state index in [2.05, 4.69) is 26.8 Å². The Labute approximate surface area is 89.3 Å². The average molecular weight is 191 g/mol. The summed E-state index contributed by atoms with van der Waals surface area (Å²) in [6, 6.07) is 4.20. The Balaban J connectivity index is 0.00000169. The van der Waals surface area contributed by atoms with Crippen molar-refractivity contribution >= 4 is 14.1 Å². The zero-order chi connectivity index (χ0) is 9.84. The summed E-state index contributed by atoms with van der Waals surface area (Å²) in [7, 11) is 0. The van der Waals surface area contributed by atoms with E-state index in [9.17, 15) is 0 Å². The molecule has 0 aromatic heterocycles. The van der Waals surface area contributed by atoms with Crippen molar-refractivity contribution < 1.29 is 0 Å². The fraction of sp³-hybridized carbons (Fsp3) is 0.500. The topological polar surface area (TPSA) is 26.0 Å². The quantitative estimate of drug-likeness (QED) is 0.571. The molecule has 0 unspecified atom stereocenters. The van der Waals surface area contributed by atoms with Crippen LogP contribution in [-0.2, 0) is 19.3 Å². The van der Waals surface area contributed by atoms with Crippen molar-refractivity contribution in [3.8, 4) is 0 Å². The first kappa shape index (κ1) is 13.1. The molecule has 1 rings (SSSR count). The van der Waals surface area contributed by atoms with Crippen LogP contribution in [0.1, 0.15) is 37.5 Å². The number of nitrogen functional groups attached to an aromatic ring is 1. The third kappa shape index (κ3) is 2.31. The molecule has 1 aromatic rings. The van der Waals surface area contributed by atoms with Crippen molar-refractivity contribution in [3.05, 3.63) is 28.8 Å². The lowest BCUT2D eigenvalue weighted by Gasteiger charge is -2.13. The molecule has 0 aliphatic heterocycles. The van der Waals surface area contributed by atoms with Gasteiger partial charge in [0, 0.05) is 5.69 Å². The summed E-state index contributed by atoms with van der Waals surface area (Å²) >= 11 is 0. The first-order chi connectivity index (χ1) is 6.24. The molecule has 0 spiro atoms. The lowest BCUT2D eigenvalue weighted by atomic mass is 9.94. The molecule has 0 fully saturated rings. The van der Waals surface area contributed by atoms with Gasteiger partial charge in [-0.2, -0.15) is 0 Å². The van der Waals surface area contributed by atoms with Crippen LogP contribution in [0.5, 0.6) is 0 Å². The van der Waals surface area contributed by atoms with E-state index in [4.69, 9.17) is 5.73 Å². The lowest BCUT2D eigenvalue weighted by Crippen LogP contribution is -2.02. The fourth-order valence-electron chi connectivity index (χ4n) is 1.95. The minimum Gasteiger partial charge on any atom is -0.398 e. The SMILES string of the molecule is B.CCc1ccc(N)c(CC)c1CC. The molecule has 0 radical (unpaired) electrons. The summed E-state index contributed by atoms with van der Waals surface area (Å²) in [5.41, 5.74) is 11.2. The maximum Gasteiger partial charge on any atom is 0.0814 e. The highest BCUT2D eigenvalue weighted by atomic mass is 14.6. The largest absolute Gasteiger partial charge is 0.398 e. The van der Waals surface area contributed by atoms with E-state index in [1.807, 2.05) is 6.07 Å². The maximum absolute atomic E-state index is 5.93. The van der Waals surface area contributed by atoms with E-state index in [1.54, 1.807) is 0 Å². The second-order valence-corrected chi connectivity index (χ2v) is 3.33. The Hall–Kier alpha value is -0.915. The molecule has 0 heterocycles. The molecule has 2 heteroatoms. The van der Waals surface area contributed by atoms with Crippen LogP contribution in [-0.4, -0.2) is 8.41 Å². The molecule has 2 N–H and O–H groups in total. The van der Waals surface area contributed by atoms with E-state index in [-0.39, 0.29) is 8.41 Å². The van der Waals surface area contributed by atoms with Crippen LogP contribution in [0, 0.1) is 0 Å². The van der Waals surface area contributed by atoms with Gasteiger partial charge >= 0.3 is 0 Å². The molecular weight excluding hydrogens is 169 g/mol. The van der Waals surface area contributed by atoms with Crippen LogP contribution in [0.3, 0.4) is 0 Å². The van der Waals surface area contributed by atoms with Crippen molar-refractivity contribution in [2.24, 2.45) is 0 Å². The molecule has 0 saturated heterocycles. The molecule has 0 aliphatic rings. The summed E-state index contributed by atoms with van der Waals surface area (Å²) in [5.74, 6) is 0. The summed E-state index contributed by atoms with van der Waals surface area (Å²) in [6.45, 7) is 6.57. The minimum atomic E-state index is 0. The fourth-order valence-corrected chi connectivity index (χ4v) is 1.95. The second-order valence-electron chi connectivity index (χ2n) is 3.33. The predicted octanol–water partition coefficient (Wildman–Crippen LogP) is 1.77. The van der Waals surface area contributed by atoms with Crippen molar-refractivity contribution in [2.45, 2.75) is 40.0 Å². The van der Waals surface area contributed by atoms with E-state index in [0.717, 1.165) is 24.9 Å². The monoisotopic (exact) mass is 191 g/mol. The zero-order valence-electron chi connectivity index (χ0n) is 8.85. The van der Waals surface area contributed by atoms with Crippen molar-refractivity contribution in [1.29, 1.82) is 0 Å². The van der Waals surface area contributed by atoms with Gasteiger partial charge in [0.1, 0.15) is 0 Å². The lowest BCUT2D eigenvalue weighted by molar-refractivity contribution is 0.984. The Kier molecular flexibility index (Phi) is 5.36. The smallest absolute Gasteiger partial charge is 0.0814 e. The van der Waals surface area contributed by atoms with Crippen LogP contribution in [0.15, 0.2) is 12.1 Å². The highest BCUT2D eigenvalue weighted by Crippen LogP contribution is 2.22. The first-order valence-corrected chi connectivity index (χ1v) is 5.13. The molecule has 0 amide bonds. The standard InChI is InChI=1S/C12H19N.BH3/c1-4-9-7-8-12(13)11(6-3)10(9)5-2;/h7-8H,4-6,13H2,1-3H3;1H3. The summed E-state index contributed by atoms with van der Waals surface area (Å²) in [5, 5.41) is 0. The third-order valence-electron chi connectivity index (χ3n) is 2.65. The number of hydrogen-bond acceptors (Lipinski definition) is 1. The van der Waals surface area contributed by atoms with Gasteiger partial charge in [-0.25, -0.2) is 0 Å². The molecule has 0 aliphatic carbocycles. The highest BCUT2D eigenvalue weighted by molar-refractivity contribution is 5.75. The summed E-state index contributed by atoms with van der Waals surface area (Å²) in [6.07, 6.45) is 3.25. The van der Waals surface area contributed by atoms with Crippen molar-refractivity contribution in [2.75, 3.05) is 5.73 Å². The summed E-state index contributed by atoms with van der Waals surface area (Å²) < 4.78 is 0. The van der Waals surface area contributed by atoms with Crippen LogP contribution < -0.4 is 5.73 Å². The molecule has 0 bridgehead atoms. The molecule has 1 aromatic carbocycles. The van der Waals surface area contributed by atoms with E-state index < -0.39 is 0 Å². The normalized spacial score (nSPS) is 9.64. The number of rotatable bonds is 3. The van der Waals surface area contributed by atoms with Gasteiger partial charge in [0.2, 0.25) is 0 Å². The van der Waals surface area contributed by atoms with E-state index >= 15 is 0 Å². The molecule has 78 valence electrons. The minimum absolute atomic E-state index is 0. The van der Waals surface area contributed by atoms with Crippen molar-refractivity contribution in [1.82, 2.24) is 0 Å². The molecule has 14 heavy (non-hydrogen) atoms. The maximum atomic E-state index is 5.93. The van der Waals surface area contributed by atoms with Gasteiger partial charge in [0.25, 0.3) is 0 Å². The summed E-state index contributed by atoms with van der Waals surface area (Å²) in [4.78, 5) is 0. The van der Waals surface area contributed by atoms with Gasteiger partial charge in [-0.05, 0) is 42.0 Å². The molecular formula is C12H22BN. The Morgan fingerprint density at radius 1 is 0.929 bits per heavy atom. The van der Waals surface area contributed by atoms with Crippen LogP contribution >= 0.6 is 0 Å². The molecule has 1 nitrogen and oxygen atoms in total. The number of aryl methyl sites for hydroxylation is 1. The third-order valence-corrected chi connectivity index (χ3v) is 2.65. The van der Waals surface area contributed by atoms with E-state index in [0.29, 0.717) is 0 Å². The van der Waals surface area contributed by atoms with Gasteiger partial charge in [-0.1, -0.05) is 26.8 Å². The molecule has 0 saturated carbocycles. The second kappa shape index (κ2) is 5.74. The van der Waals surface area contributed by atoms with Crippen LogP contribution in [0.25, 0.3) is 0 Å². The Morgan fingerprint density at radius 2 is 1.50 bits per heavy atom. The zero-order valence-corrected chi connectivity index (χ0v) is 8.85. The van der Waals surface area contributed by atoms with Gasteiger partial charge in [-0.3, -0.25) is 0 Å². The first-order valence-electron chi connectivity index (χ1n) is 5.13. The molecule has 0 atom stereocenters. The van der Waals surface area contributed by atoms with E-state index in [1.165, 1.54) is 16.7 Å².